The molecular formula is C13H18ClN5O. The van der Waals surface area contributed by atoms with Crippen LogP contribution in [0.15, 0.2) is 6.20 Å². The van der Waals surface area contributed by atoms with Crippen molar-refractivity contribution in [3.63, 3.8) is 0 Å². The number of nitrogens with one attached hydrogen (secondary N) is 1. The first-order chi connectivity index (χ1) is 9.31. The second kappa shape index (κ2) is 5.28. The minimum absolute atomic E-state index is 0.150. The zero-order chi connectivity index (χ0) is 15.0. The topological polar surface area (TPSA) is 64.7 Å². The monoisotopic (exact) mass is 295 g/mol. The average Bonchev–Trinajstić information content (AvgIpc) is 2.79. The third kappa shape index (κ3) is 2.56. The Bertz CT molecular complexity index is 658. The van der Waals surface area contributed by atoms with Crippen molar-refractivity contribution < 1.29 is 4.79 Å². The van der Waals surface area contributed by atoms with E-state index in [9.17, 15) is 4.79 Å². The van der Waals surface area contributed by atoms with Crippen molar-refractivity contribution >= 4 is 17.5 Å². The second-order valence-electron chi connectivity index (χ2n) is 4.91. The molecule has 108 valence electrons. The quantitative estimate of drug-likeness (QED) is 0.941. The summed E-state index contributed by atoms with van der Waals surface area (Å²) in [5.74, 6) is -0.242. The molecule has 7 heteroatoms. The summed E-state index contributed by atoms with van der Waals surface area (Å²) in [5, 5.41) is 11.7. The maximum atomic E-state index is 12.3. The minimum atomic E-state index is -0.242. The van der Waals surface area contributed by atoms with Crippen LogP contribution in [0.3, 0.4) is 0 Å². The molecule has 2 aromatic rings. The van der Waals surface area contributed by atoms with Crippen molar-refractivity contribution in [1.82, 2.24) is 24.9 Å². The maximum Gasteiger partial charge on any atom is 0.271 e. The van der Waals surface area contributed by atoms with E-state index in [0.29, 0.717) is 16.4 Å². The molecule has 2 heterocycles. The van der Waals surface area contributed by atoms with Gasteiger partial charge in [-0.2, -0.15) is 10.2 Å². The molecule has 1 atom stereocenters. The summed E-state index contributed by atoms with van der Waals surface area (Å²) < 4.78 is 3.23. The van der Waals surface area contributed by atoms with Crippen LogP contribution < -0.4 is 5.32 Å². The Hall–Kier alpha value is -1.82. The van der Waals surface area contributed by atoms with E-state index in [4.69, 9.17) is 11.6 Å². The Balaban J connectivity index is 2.21. The summed E-state index contributed by atoms with van der Waals surface area (Å²) in [5.41, 5.74) is 2.89. The fourth-order valence-corrected chi connectivity index (χ4v) is 2.51. The summed E-state index contributed by atoms with van der Waals surface area (Å²) >= 11 is 6.11. The average molecular weight is 296 g/mol. The molecule has 0 saturated heterocycles. The molecule has 1 amide bonds. The molecular weight excluding hydrogens is 278 g/mol. The largest absolute Gasteiger partial charge is 0.344 e. The maximum absolute atomic E-state index is 12.3. The molecule has 20 heavy (non-hydrogen) atoms. The first kappa shape index (κ1) is 14.6. The van der Waals surface area contributed by atoms with Crippen molar-refractivity contribution in [3.8, 4) is 0 Å². The molecule has 6 nitrogen and oxygen atoms in total. The Kier molecular flexibility index (Phi) is 3.85. The molecule has 1 N–H and O–H groups in total. The highest BCUT2D eigenvalue weighted by Gasteiger charge is 2.21. The van der Waals surface area contributed by atoms with Crippen LogP contribution in [-0.2, 0) is 14.1 Å². The SMILES string of the molecule is Cc1nn(C)cc1[C@@H](C)NC(=O)c1c(Cl)c(C)nn1C. The van der Waals surface area contributed by atoms with Gasteiger partial charge in [-0.25, -0.2) is 0 Å². The summed E-state index contributed by atoms with van der Waals surface area (Å²) in [6.45, 7) is 5.60. The molecule has 0 aromatic carbocycles. The molecule has 0 spiro atoms. The molecule has 0 bridgehead atoms. The first-order valence-electron chi connectivity index (χ1n) is 6.31. The van der Waals surface area contributed by atoms with Crippen LogP contribution in [0.4, 0.5) is 0 Å². The summed E-state index contributed by atoms with van der Waals surface area (Å²) in [4.78, 5) is 12.3. The van der Waals surface area contributed by atoms with Crippen LogP contribution in [-0.4, -0.2) is 25.5 Å². The molecule has 0 aliphatic rings. The van der Waals surface area contributed by atoms with Gasteiger partial charge in [-0.05, 0) is 20.8 Å². The number of carbonyl (C=O) groups is 1. The molecule has 0 radical (unpaired) electrons. The van der Waals surface area contributed by atoms with E-state index in [1.807, 2.05) is 27.1 Å². The smallest absolute Gasteiger partial charge is 0.271 e. The standard InChI is InChI=1S/C13H18ClN5O/c1-7(10-6-18(4)16-8(10)2)15-13(20)12-11(14)9(3)17-19(12)5/h6-7H,1-5H3,(H,15,20)/t7-/m1/s1. The van der Waals surface area contributed by atoms with Gasteiger partial charge >= 0.3 is 0 Å². The van der Waals surface area contributed by atoms with Crippen LogP contribution in [0, 0.1) is 13.8 Å². The molecule has 0 fully saturated rings. The lowest BCUT2D eigenvalue weighted by Gasteiger charge is -2.13. The van der Waals surface area contributed by atoms with E-state index in [-0.39, 0.29) is 11.9 Å². The predicted octanol–water partition coefficient (Wildman–Crippen LogP) is 1.91. The number of hydrogen-bond donors (Lipinski definition) is 1. The first-order valence-corrected chi connectivity index (χ1v) is 6.69. The molecule has 0 unspecified atom stereocenters. The van der Waals surface area contributed by atoms with Crippen molar-refractivity contribution in [1.29, 1.82) is 0 Å². The highest BCUT2D eigenvalue weighted by atomic mass is 35.5. The molecule has 2 rings (SSSR count). The zero-order valence-electron chi connectivity index (χ0n) is 12.2. The third-order valence-corrected chi connectivity index (χ3v) is 3.68. The Morgan fingerprint density at radius 1 is 1.30 bits per heavy atom. The van der Waals surface area contributed by atoms with Crippen molar-refractivity contribution in [2.45, 2.75) is 26.8 Å². The number of carbonyl (C=O) groups excluding carboxylic acids is 1. The number of hydrogen-bond acceptors (Lipinski definition) is 3. The fraction of sp³-hybridized carbons (Fsp3) is 0.462. The normalized spacial score (nSPS) is 12.5. The van der Waals surface area contributed by atoms with Gasteiger partial charge in [0.15, 0.2) is 0 Å². The van der Waals surface area contributed by atoms with Crippen LogP contribution in [0.1, 0.15) is 40.4 Å². The van der Waals surface area contributed by atoms with Crippen molar-refractivity contribution in [2.75, 3.05) is 0 Å². The highest BCUT2D eigenvalue weighted by Crippen LogP contribution is 2.21. The predicted molar refractivity (Wildman–Crippen MR) is 76.8 cm³/mol. The van der Waals surface area contributed by atoms with Gasteiger partial charge in [-0.1, -0.05) is 11.6 Å². The molecule has 0 aliphatic heterocycles. The van der Waals surface area contributed by atoms with Crippen molar-refractivity contribution in [3.05, 3.63) is 33.9 Å². The summed E-state index contributed by atoms with van der Waals surface area (Å²) in [6.07, 6.45) is 1.90. The summed E-state index contributed by atoms with van der Waals surface area (Å²) in [7, 11) is 3.56. The summed E-state index contributed by atoms with van der Waals surface area (Å²) in [6, 6.07) is -0.150. The van der Waals surface area contributed by atoms with Gasteiger partial charge in [0.1, 0.15) is 5.69 Å². The highest BCUT2D eigenvalue weighted by molar-refractivity contribution is 6.34. The third-order valence-electron chi connectivity index (χ3n) is 3.23. The van der Waals surface area contributed by atoms with Crippen molar-refractivity contribution in [2.24, 2.45) is 14.1 Å². The number of amides is 1. The Morgan fingerprint density at radius 2 is 1.95 bits per heavy atom. The van der Waals surface area contributed by atoms with Gasteiger partial charge < -0.3 is 5.32 Å². The Morgan fingerprint density at radius 3 is 2.40 bits per heavy atom. The van der Waals surface area contributed by atoms with Gasteiger partial charge in [0.2, 0.25) is 0 Å². The van der Waals surface area contributed by atoms with Gasteiger partial charge in [0.05, 0.1) is 22.5 Å². The van der Waals surface area contributed by atoms with E-state index in [1.165, 1.54) is 4.68 Å². The number of rotatable bonds is 3. The second-order valence-corrected chi connectivity index (χ2v) is 5.29. The van der Waals surface area contributed by atoms with E-state index < -0.39 is 0 Å². The fourth-order valence-electron chi connectivity index (χ4n) is 2.26. The lowest BCUT2D eigenvalue weighted by Crippen LogP contribution is -2.28. The van der Waals surface area contributed by atoms with E-state index in [1.54, 1.807) is 18.7 Å². The van der Waals surface area contributed by atoms with Crippen LogP contribution in [0.2, 0.25) is 5.02 Å². The number of aromatic nitrogens is 4. The number of aryl methyl sites for hydroxylation is 4. The lowest BCUT2D eigenvalue weighted by atomic mass is 10.1. The van der Waals surface area contributed by atoms with E-state index in [2.05, 4.69) is 15.5 Å². The molecule has 0 aliphatic carbocycles. The molecule has 2 aromatic heterocycles. The van der Waals surface area contributed by atoms with Crippen LogP contribution >= 0.6 is 11.6 Å². The van der Waals surface area contributed by atoms with Gasteiger partial charge in [0.25, 0.3) is 5.91 Å². The molecule has 0 saturated carbocycles. The van der Waals surface area contributed by atoms with Gasteiger partial charge in [-0.15, -0.1) is 0 Å². The van der Waals surface area contributed by atoms with E-state index >= 15 is 0 Å². The van der Waals surface area contributed by atoms with Gasteiger partial charge in [-0.3, -0.25) is 14.2 Å². The Labute approximate surface area is 122 Å². The van der Waals surface area contributed by atoms with Crippen LogP contribution in [0.25, 0.3) is 0 Å². The number of halogens is 1. The lowest BCUT2D eigenvalue weighted by molar-refractivity contribution is 0.0930. The zero-order valence-corrected chi connectivity index (χ0v) is 13.0. The van der Waals surface area contributed by atoms with Crippen LogP contribution in [0.5, 0.6) is 0 Å². The van der Waals surface area contributed by atoms with E-state index in [0.717, 1.165) is 11.3 Å². The minimum Gasteiger partial charge on any atom is -0.344 e. The van der Waals surface area contributed by atoms with Gasteiger partial charge in [0, 0.05) is 25.9 Å². The number of nitrogens with zero attached hydrogens (tertiary/aromatic N) is 4.